The van der Waals surface area contributed by atoms with Crippen LogP contribution in [-0.4, -0.2) is 42.2 Å². The van der Waals surface area contributed by atoms with Crippen LogP contribution in [0.4, 0.5) is 0 Å². The van der Waals surface area contributed by atoms with E-state index in [0.29, 0.717) is 35.1 Å². The zero-order valence-electron chi connectivity index (χ0n) is 14.4. The Bertz CT molecular complexity index is 1070. The molecule has 0 unspecified atom stereocenters. The minimum absolute atomic E-state index is 0.0838. The summed E-state index contributed by atoms with van der Waals surface area (Å²) < 4.78 is 12.0. The monoisotopic (exact) mass is 365 g/mol. The van der Waals surface area contributed by atoms with Crippen LogP contribution in [0, 0.1) is 0 Å². The average Bonchev–Trinajstić information content (AvgIpc) is 3.34. The Morgan fingerprint density at radius 1 is 1.30 bits per heavy atom. The van der Waals surface area contributed by atoms with Gasteiger partial charge < -0.3 is 14.6 Å². The van der Waals surface area contributed by atoms with Crippen LogP contribution in [0.15, 0.2) is 47.5 Å². The van der Waals surface area contributed by atoms with Crippen molar-refractivity contribution in [3.63, 3.8) is 0 Å². The lowest BCUT2D eigenvalue weighted by Gasteiger charge is -2.01. The smallest absolute Gasteiger partial charge is 0.257 e. The molecule has 0 aliphatic heterocycles. The molecule has 0 aliphatic rings. The summed E-state index contributed by atoms with van der Waals surface area (Å²) in [7, 11) is 0. The van der Waals surface area contributed by atoms with Crippen molar-refractivity contribution in [1.29, 1.82) is 0 Å². The van der Waals surface area contributed by atoms with Gasteiger partial charge in [-0.1, -0.05) is 5.16 Å². The summed E-state index contributed by atoms with van der Waals surface area (Å²) >= 11 is 0. The second kappa shape index (κ2) is 7.20. The maximum absolute atomic E-state index is 12.4. The molecular formula is C17H15N7O3. The molecule has 0 fully saturated rings. The molecule has 4 heterocycles. The Balaban J connectivity index is 1.43. The number of fused-ring (bicyclic) bond motifs is 1. The van der Waals surface area contributed by atoms with E-state index in [-0.39, 0.29) is 18.3 Å². The first-order valence-corrected chi connectivity index (χ1v) is 8.23. The summed E-state index contributed by atoms with van der Waals surface area (Å²) in [5, 5.41) is 10.7. The van der Waals surface area contributed by atoms with E-state index >= 15 is 0 Å². The molecule has 0 aliphatic carbocycles. The first kappa shape index (κ1) is 16.6. The minimum Gasteiger partial charge on any atom is -0.478 e. The molecule has 136 valence electrons. The van der Waals surface area contributed by atoms with Crippen LogP contribution in [0.5, 0.6) is 5.88 Å². The predicted molar refractivity (Wildman–Crippen MR) is 92.9 cm³/mol. The van der Waals surface area contributed by atoms with E-state index in [9.17, 15) is 4.79 Å². The number of nitrogens with zero attached hydrogens (tertiary/aromatic N) is 6. The fourth-order valence-electron chi connectivity index (χ4n) is 2.43. The molecule has 4 aromatic rings. The highest BCUT2D eigenvalue weighted by Gasteiger charge is 2.15. The molecule has 10 nitrogen and oxygen atoms in total. The van der Waals surface area contributed by atoms with E-state index in [1.54, 1.807) is 36.8 Å². The van der Waals surface area contributed by atoms with Gasteiger partial charge in [0.25, 0.3) is 5.91 Å². The van der Waals surface area contributed by atoms with Crippen LogP contribution in [-0.2, 0) is 6.54 Å². The lowest BCUT2D eigenvalue weighted by Crippen LogP contribution is -2.23. The third-order valence-corrected chi connectivity index (χ3v) is 3.68. The SMILES string of the molecule is CCOc1ccc(-c2noc(CNC(=O)c3cnn4cccnc34)n2)cn1. The summed E-state index contributed by atoms with van der Waals surface area (Å²) in [4.78, 5) is 24.9. The van der Waals surface area contributed by atoms with Gasteiger partial charge in [-0.15, -0.1) is 0 Å². The topological polar surface area (TPSA) is 120 Å². The molecule has 4 aromatic heterocycles. The number of aromatic nitrogens is 6. The molecule has 0 bridgehead atoms. The lowest BCUT2D eigenvalue weighted by molar-refractivity contribution is 0.0947. The number of rotatable bonds is 6. The molecule has 0 atom stereocenters. The van der Waals surface area contributed by atoms with Crippen molar-refractivity contribution >= 4 is 11.6 Å². The zero-order chi connectivity index (χ0) is 18.6. The van der Waals surface area contributed by atoms with E-state index < -0.39 is 0 Å². The van der Waals surface area contributed by atoms with Gasteiger partial charge in [0.1, 0.15) is 5.56 Å². The second-order valence-electron chi connectivity index (χ2n) is 5.46. The van der Waals surface area contributed by atoms with Crippen molar-refractivity contribution in [1.82, 2.24) is 35.0 Å². The summed E-state index contributed by atoms with van der Waals surface area (Å²) in [5.74, 6) is 0.856. The van der Waals surface area contributed by atoms with Crippen LogP contribution in [0.1, 0.15) is 23.2 Å². The molecule has 0 radical (unpaired) electrons. The second-order valence-corrected chi connectivity index (χ2v) is 5.46. The van der Waals surface area contributed by atoms with Crippen molar-refractivity contribution in [3.8, 4) is 17.3 Å². The Kier molecular flexibility index (Phi) is 4.44. The van der Waals surface area contributed by atoms with Gasteiger partial charge in [-0.25, -0.2) is 14.5 Å². The van der Waals surface area contributed by atoms with Crippen molar-refractivity contribution < 1.29 is 14.1 Å². The van der Waals surface area contributed by atoms with E-state index in [1.807, 2.05) is 6.92 Å². The van der Waals surface area contributed by atoms with Crippen LogP contribution >= 0.6 is 0 Å². The average molecular weight is 365 g/mol. The van der Waals surface area contributed by atoms with Gasteiger partial charge in [0.2, 0.25) is 17.6 Å². The maximum atomic E-state index is 12.4. The van der Waals surface area contributed by atoms with Crippen LogP contribution < -0.4 is 10.1 Å². The molecule has 0 saturated heterocycles. The van der Waals surface area contributed by atoms with Crippen LogP contribution in [0.3, 0.4) is 0 Å². The quantitative estimate of drug-likeness (QED) is 0.546. The maximum Gasteiger partial charge on any atom is 0.257 e. The van der Waals surface area contributed by atoms with Gasteiger partial charge in [0.05, 0.1) is 19.3 Å². The van der Waals surface area contributed by atoms with Crippen molar-refractivity contribution in [2.24, 2.45) is 0 Å². The molecule has 4 rings (SSSR count). The molecular weight excluding hydrogens is 350 g/mol. The van der Waals surface area contributed by atoms with Gasteiger partial charge in [-0.3, -0.25) is 4.79 Å². The van der Waals surface area contributed by atoms with Gasteiger partial charge in [-0.2, -0.15) is 10.1 Å². The van der Waals surface area contributed by atoms with E-state index in [4.69, 9.17) is 9.26 Å². The number of hydrogen-bond acceptors (Lipinski definition) is 8. The third kappa shape index (κ3) is 3.45. The Morgan fingerprint density at radius 2 is 2.22 bits per heavy atom. The number of pyridine rings is 1. The normalized spacial score (nSPS) is 10.9. The van der Waals surface area contributed by atoms with Gasteiger partial charge in [-0.05, 0) is 19.1 Å². The third-order valence-electron chi connectivity index (χ3n) is 3.68. The largest absolute Gasteiger partial charge is 0.478 e. The Morgan fingerprint density at radius 3 is 3.04 bits per heavy atom. The number of carbonyl (C=O) groups is 1. The predicted octanol–water partition coefficient (Wildman–Crippen LogP) is 1.50. The van der Waals surface area contributed by atoms with Gasteiger partial charge in [0, 0.05) is 30.2 Å². The number of carbonyl (C=O) groups excluding carboxylic acids is 1. The highest BCUT2D eigenvalue weighted by molar-refractivity contribution is 5.99. The molecule has 1 N–H and O–H groups in total. The first-order valence-electron chi connectivity index (χ1n) is 8.23. The number of hydrogen-bond donors (Lipinski definition) is 1. The summed E-state index contributed by atoms with van der Waals surface area (Å²) in [6.07, 6.45) is 6.38. The molecule has 10 heteroatoms. The fourth-order valence-corrected chi connectivity index (χ4v) is 2.43. The summed E-state index contributed by atoms with van der Waals surface area (Å²) in [5.41, 5.74) is 1.53. The Hall–Kier alpha value is -3.82. The standard InChI is InChI=1S/C17H15N7O3/c1-2-26-13-5-4-11(8-19-13)15-22-14(27-23-15)10-20-17(25)12-9-21-24-7-3-6-18-16(12)24/h3-9H,2,10H2,1H3,(H,20,25). The molecule has 1 amide bonds. The summed E-state index contributed by atoms with van der Waals surface area (Å²) in [6.45, 7) is 2.51. The number of nitrogens with one attached hydrogen (secondary N) is 1. The highest BCUT2D eigenvalue weighted by Crippen LogP contribution is 2.17. The summed E-state index contributed by atoms with van der Waals surface area (Å²) in [6, 6.07) is 5.25. The van der Waals surface area contributed by atoms with E-state index in [2.05, 4.69) is 30.5 Å². The van der Waals surface area contributed by atoms with Crippen molar-refractivity contribution in [2.45, 2.75) is 13.5 Å². The number of amides is 1. The van der Waals surface area contributed by atoms with E-state index in [0.717, 1.165) is 0 Å². The van der Waals surface area contributed by atoms with E-state index in [1.165, 1.54) is 10.7 Å². The van der Waals surface area contributed by atoms with Gasteiger partial charge >= 0.3 is 0 Å². The molecule has 0 aromatic carbocycles. The van der Waals surface area contributed by atoms with Crippen LogP contribution in [0.25, 0.3) is 17.0 Å². The minimum atomic E-state index is -0.328. The lowest BCUT2D eigenvalue weighted by atomic mass is 10.3. The number of ether oxygens (including phenoxy) is 1. The zero-order valence-corrected chi connectivity index (χ0v) is 14.4. The molecule has 0 spiro atoms. The highest BCUT2D eigenvalue weighted by atomic mass is 16.5. The van der Waals surface area contributed by atoms with Gasteiger partial charge in [0.15, 0.2) is 5.65 Å². The first-order chi connectivity index (χ1) is 13.2. The van der Waals surface area contributed by atoms with Crippen molar-refractivity contribution in [3.05, 3.63) is 54.4 Å². The van der Waals surface area contributed by atoms with Crippen molar-refractivity contribution in [2.75, 3.05) is 6.61 Å². The molecule has 0 saturated carbocycles. The van der Waals surface area contributed by atoms with Crippen LogP contribution in [0.2, 0.25) is 0 Å². The molecule has 27 heavy (non-hydrogen) atoms. The fraction of sp³-hybridized carbons (Fsp3) is 0.176. The Labute approximate surface area is 153 Å².